The average Bonchev–Trinajstić information content (AvgIpc) is 2.80. The Hall–Kier alpha value is -2.15. The Morgan fingerprint density at radius 2 is 1.88 bits per heavy atom. The topological polar surface area (TPSA) is 95.3 Å². The third-order valence-corrected chi connectivity index (χ3v) is 5.22. The summed E-state index contributed by atoms with van der Waals surface area (Å²) in [4.78, 5) is 4.13. The number of alkyl halides is 3. The van der Waals surface area contributed by atoms with Crippen LogP contribution in [0.25, 0.3) is 0 Å². The highest BCUT2D eigenvalue weighted by Crippen LogP contribution is 2.37. The summed E-state index contributed by atoms with van der Waals surface area (Å²) in [6.07, 6.45) is 0. The summed E-state index contributed by atoms with van der Waals surface area (Å²) in [7, 11) is -1.29. The fourth-order valence-electron chi connectivity index (χ4n) is 1.79. The van der Waals surface area contributed by atoms with Crippen molar-refractivity contribution < 1.29 is 31.1 Å². The lowest BCUT2D eigenvalue weighted by atomic mass is 10.4. The summed E-state index contributed by atoms with van der Waals surface area (Å²) in [5.74, 6) is 0.626. The predicted octanol–water partition coefficient (Wildman–Crippen LogP) is 2.55. The Kier molecular flexibility index (Phi) is 5.61. The van der Waals surface area contributed by atoms with E-state index in [1.54, 1.807) is 4.72 Å². The highest BCUT2D eigenvalue weighted by molar-refractivity contribution is 7.99. The van der Waals surface area contributed by atoms with Crippen molar-refractivity contribution in [2.75, 3.05) is 18.9 Å². The lowest BCUT2D eigenvalue weighted by molar-refractivity contribution is -0.0429. The van der Waals surface area contributed by atoms with Crippen LogP contribution in [0.1, 0.15) is 5.69 Å². The average molecular weight is 412 g/mol. The second-order valence-corrected chi connectivity index (χ2v) is 7.61. The van der Waals surface area contributed by atoms with E-state index < -0.39 is 15.5 Å². The van der Waals surface area contributed by atoms with Gasteiger partial charge in [-0.2, -0.15) is 26.7 Å². The van der Waals surface area contributed by atoms with Crippen LogP contribution < -0.4 is 14.2 Å². The monoisotopic (exact) mass is 412 g/mol. The Bertz CT molecular complexity index is 891. The van der Waals surface area contributed by atoms with Gasteiger partial charge in [-0.05, 0) is 18.7 Å². The minimum Gasteiger partial charge on any atom is -0.496 e. The van der Waals surface area contributed by atoms with Gasteiger partial charge in [-0.25, -0.2) is 4.98 Å². The summed E-state index contributed by atoms with van der Waals surface area (Å²) < 4.78 is 73.9. The van der Waals surface area contributed by atoms with Gasteiger partial charge in [0.05, 0.1) is 19.9 Å². The molecule has 8 nitrogen and oxygen atoms in total. The zero-order valence-corrected chi connectivity index (χ0v) is 15.7. The molecule has 0 atom stereocenters. The molecular formula is C13H15F3N4O4S2. The van der Waals surface area contributed by atoms with Crippen LogP contribution in [0.2, 0.25) is 0 Å². The van der Waals surface area contributed by atoms with E-state index in [-0.39, 0.29) is 22.3 Å². The van der Waals surface area contributed by atoms with Crippen molar-refractivity contribution in [3.05, 3.63) is 17.8 Å². The molecule has 2 aromatic rings. The number of nitrogens with zero attached hydrogens (tertiary/aromatic N) is 3. The van der Waals surface area contributed by atoms with Gasteiger partial charge >= 0.3 is 15.5 Å². The number of anilines is 1. The number of rotatable bonds is 6. The molecule has 0 saturated carbocycles. The molecule has 13 heteroatoms. The van der Waals surface area contributed by atoms with E-state index in [1.807, 2.05) is 0 Å². The number of aromatic nitrogens is 3. The minimum atomic E-state index is -5.59. The van der Waals surface area contributed by atoms with Crippen LogP contribution in [0.4, 0.5) is 18.9 Å². The zero-order chi connectivity index (χ0) is 19.7. The quantitative estimate of drug-likeness (QED) is 0.779. The third-order valence-electron chi connectivity index (χ3n) is 3.24. The number of hydrogen-bond donors (Lipinski definition) is 1. The molecule has 144 valence electrons. The van der Waals surface area contributed by atoms with Gasteiger partial charge in [0, 0.05) is 19.2 Å². The number of ether oxygens (including phenoxy) is 2. The number of pyridine rings is 1. The van der Waals surface area contributed by atoms with E-state index >= 15 is 0 Å². The fraction of sp³-hybridized carbons (Fsp3) is 0.385. The molecule has 0 fully saturated rings. The van der Waals surface area contributed by atoms with Gasteiger partial charge in [-0.3, -0.25) is 9.40 Å². The molecule has 0 bridgehead atoms. The van der Waals surface area contributed by atoms with Gasteiger partial charge in [0.2, 0.25) is 5.88 Å². The van der Waals surface area contributed by atoms with Gasteiger partial charge in [0.15, 0.2) is 0 Å². The smallest absolute Gasteiger partial charge is 0.496 e. The highest BCUT2D eigenvalue weighted by atomic mass is 32.2. The third kappa shape index (κ3) is 4.15. The predicted molar refractivity (Wildman–Crippen MR) is 88.0 cm³/mol. The van der Waals surface area contributed by atoms with E-state index in [2.05, 4.69) is 10.1 Å². The molecule has 2 rings (SSSR count). The molecule has 0 radical (unpaired) electrons. The number of sulfonamides is 1. The first-order valence-electron chi connectivity index (χ1n) is 6.89. The molecule has 0 aliphatic carbocycles. The zero-order valence-electron chi connectivity index (χ0n) is 14.1. The van der Waals surface area contributed by atoms with Gasteiger partial charge in [0.25, 0.3) is 0 Å². The van der Waals surface area contributed by atoms with E-state index in [4.69, 9.17) is 9.47 Å². The van der Waals surface area contributed by atoms with Crippen LogP contribution in [0.5, 0.6) is 11.6 Å². The molecule has 0 aliphatic rings. The summed E-state index contributed by atoms with van der Waals surface area (Å²) >= 11 is 0.862. The first-order valence-corrected chi connectivity index (χ1v) is 9.19. The van der Waals surface area contributed by atoms with Crippen LogP contribution in [-0.2, 0) is 17.1 Å². The van der Waals surface area contributed by atoms with E-state index in [0.717, 1.165) is 11.8 Å². The molecule has 26 heavy (non-hydrogen) atoms. The van der Waals surface area contributed by atoms with Crippen molar-refractivity contribution in [2.24, 2.45) is 7.05 Å². The van der Waals surface area contributed by atoms with Crippen molar-refractivity contribution in [3.8, 4) is 11.6 Å². The second-order valence-electron chi connectivity index (χ2n) is 4.93. The summed E-state index contributed by atoms with van der Waals surface area (Å²) in [5.41, 5.74) is -5.53. The van der Waals surface area contributed by atoms with Crippen molar-refractivity contribution in [1.29, 1.82) is 0 Å². The number of aryl methyl sites for hydroxylation is 1. The molecule has 0 spiro atoms. The van der Waals surface area contributed by atoms with Crippen LogP contribution >= 0.6 is 11.8 Å². The Labute approximate surface area is 151 Å². The standard InChI is InChI=1S/C13H15F3N4O4S2/c1-7-11(19-26(21,22)13(14,15)16)12(18-20(7)2)25-10-6-8(23-3)5-9(17-10)24-4/h5-6,19H,1-4H3. The van der Waals surface area contributed by atoms with E-state index in [1.165, 1.54) is 45.0 Å². The maximum atomic E-state index is 12.7. The normalized spacial score (nSPS) is 12.1. The molecule has 0 aliphatic heterocycles. The molecular weight excluding hydrogens is 397 g/mol. The van der Waals surface area contributed by atoms with Crippen molar-refractivity contribution >= 4 is 27.5 Å². The van der Waals surface area contributed by atoms with Crippen LogP contribution in [0.15, 0.2) is 22.2 Å². The maximum absolute atomic E-state index is 12.7. The highest BCUT2D eigenvalue weighted by Gasteiger charge is 2.46. The number of methoxy groups -OCH3 is 2. The Morgan fingerprint density at radius 3 is 2.42 bits per heavy atom. The van der Waals surface area contributed by atoms with Gasteiger partial charge in [-0.15, -0.1) is 0 Å². The Morgan fingerprint density at radius 1 is 1.23 bits per heavy atom. The number of hydrogen-bond acceptors (Lipinski definition) is 7. The first kappa shape index (κ1) is 20.2. The summed E-state index contributed by atoms with van der Waals surface area (Å²) in [5, 5.41) is 4.34. The molecule has 0 saturated heterocycles. The number of halogens is 3. The second kappa shape index (κ2) is 7.23. The van der Waals surface area contributed by atoms with Gasteiger partial charge in [0.1, 0.15) is 21.5 Å². The lowest BCUT2D eigenvalue weighted by Gasteiger charge is -2.11. The maximum Gasteiger partial charge on any atom is 0.516 e. The molecule has 2 aromatic heterocycles. The molecule has 1 N–H and O–H groups in total. The van der Waals surface area contributed by atoms with E-state index in [0.29, 0.717) is 10.8 Å². The summed E-state index contributed by atoms with van der Waals surface area (Å²) in [6, 6.07) is 3.03. The molecule has 0 aromatic carbocycles. The van der Waals surface area contributed by atoms with Gasteiger partial charge < -0.3 is 9.47 Å². The van der Waals surface area contributed by atoms with Crippen LogP contribution in [-0.4, -0.2) is 42.9 Å². The lowest BCUT2D eigenvalue weighted by Crippen LogP contribution is -2.30. The summed E-state index contributed by atoms with van der Waals surface area (Å²) in [6.45, 7) is 1.44. The largest absolute Gasteiger partial charge is 0.516 e. The molecule has 2 heterocycles. The van der Waals surface area contributed by atoms with Crippen molar-refractivity contribution in [1.82, 2.24) is 14.8 Å². The van der Waals surface area contributed by atoms with Crippen LogP contribution in [0.3, 0.4) is 0 Å². The SMILES string of the molecule is COc1cc(OC)nc(Sc2nn(C)c(C)c2NS(=O)(=O)C(F)(F)F)c1. The molecule has 0 unspecified atom stereocenters. The fourth-order valence-corrected chi connectivity index (χ4v) is 3.46. The van der Waals surface area contributed by atoms with E-state index in [9.17, 15) is 21.6 Å². The van der Waals surface area contributed by atoms with Crippen LogP contribution in [0, 0.1) is 6.92 Å². The Balaban J connectivity index is 2.45. The number of nitrogens with one attached hydrogen (secondary N) is 1. The molecule has 0 amide bonds. The first-order chi connectivity index (χ1) is 12.0. The van der Waals surface area contributed by atoms with Crippen molar-refractivity contribution in [3.63, 3.8) is 0 Å². The van der Waals surface area contributed by atoms with Crippen molar-refractivity contribution in [2.45, 2.75) is 22.5 Å². The van der Waals surface area contributed by atoms with Gasteiger partial charge in [-0.1, -0.05) is 0 Å². The minimum absolute atomic E-state index is 0.000584.